The number of nitrogens with zero attached hydrogens (tertiary/aromatic N) is 3. The van der Waals surface area contributed by atoms with Gasteiger partial charge in [-0.2, -0.15) is 9.59 Å². The van der Waals surface area contributed by atoms with E-state index in [9.17, 15) is 9.59 Å². The normalized spacial score (nSPS) is 12.8. The van der Waals surface area contributed by atoms with E-state index in [2.05, 4.69) is 63.4 Å². The maximum absolute atomic E-state index is 13.7. The van der Waals surface area contributed by atoms with E-state index in [1.165, 1.54) is 13.4 Å². The summed E-state index contributed by atoms with van der Waals surface area (Å²) in [7, 11) is -0.979. The smallest absolute Gasteiger partial charge is 0.373 e. The third-order valence-corrected chi connectivity index (χ3v) is 14.6. The molecule has 0 radical (unpaired) electrons. The van der Waals surface area contributed by atoms with Crippen molar-refractivity contribution in [2.75, 3.05) is 13.7 Å². The number of thiocarbonyl (C=S) groups is 1. The van der Waals surface area contributed by atoms with Crippen LogP contribution in [-0.4, -0.2) is 59.8 Å². The topological polar surface area (TPSA) is 152 Å². The van der Waals surface area contributed by atoms with Crippen LogP contribution >= 0.6 is 12.2 Å². The van der Waals surface area contributed by atoms with E-state index in [1.807, 2.05) is 13.0 Å². The van der Waals surface area contributed by atoms with Crippen molar-refractivity contribution in [2.24, 2.45) is 0 Å². The zero-order valence-electron chi connectivity index (χ0n) is 28.1. The summed E-state index contributed by atoms with van der Waals surface area (Å²) in [4.78, 5) is 56.2. The number of hydrogen-bond acceptors (Lipinski definition) is 12. The minimum atomic E-state index is -2.26. The molecule has 11 nitrogen and oxygen atoms in total. The van der Waals surface area contributed by atoms with Crippen LogP contribution in [0, 0.1) is 6.92 Å². The molecule has 0 amide bonds. The van der Waals surface area contributed by atoms with Gasteiger partial charge in [-0.1, -0.05) is 66.8 Å². The van der Waals surface area contributed by atoms with Gasteiger partial charge in [0.1, 0.15) is 18.2 Å². The van der Waals surface area contributed by atoms with Crippen molar-refractivity contribution in [2.45, 2.75) is 103 Å². The summed E-state index contributed by atoms with van der Waals surface area (Å²) in [5.41, 5.74) is 2.80. The highest BCUT2D eigenvalue weighted by atomic mass is 32.1. The number of aromatic nitrogens is 3. The highest BCUT2D eigenvalue weighted by Crippen LogP contribution is 2.43. The molecule has 2 unspecified atom stereocenters. The number of esters is 1. The fraction of sp³-hybridized carbons (Fsp3) is 0.545. The number of carbonyl (C=O) groups excluding carboxylic acids is 4. The summed E-state index contributed by atoms with van der Waals surface area (Å²) in [5, 5.41) is 0. The van der Waals surface area contributed by atoms with E-state index in [0.29, 0.717) is 45.2 Å². The lowest BCUT2D eigenvalue weighted by Crippen LogP contribution is -2.48. The molecule has 46 heavy (non-hydrogen) atoms. The molecule has 0 aromatic carbocycles. The van der Waals surface area contributed by atoms with Crippen LogP contribution in [0.3, 0.4) is 0 Å². The predicted octanol–water partition coefficient (Wildman–Crippen LogP) is 7.42. The lowest BCUT2D eigenvalue weighted by Gasteiger charge is -2.42. The van der Waals surface area contributed by atoms with Crippen LogP contribution < -0.4 is 0 Å². The summed E-state index contributed by atoms with van der Waals surface area (Å²) in [6.07, 6.45) is 4.52. The first-order valence-corrected chi connectivity index (χ1v) is 17.9. The van der Waals surface area contributed by atoms with Crippen LogP contribution in [0.2, 0.25) is 16.6 Å². The second kappa shape index (κ2) is 17.9. The molecule has 0 saturated heterocycles. The molecule has 3 aromatic rings. The predicted molar refractivity (Wildman–Crippen MR) is 176 cm³/mol. The lowest BCUT2D eigenvalue weighted by molar-refractivity contribution is -0.191. The first kappa shape index (κ1) is 38.5. The lowest BCUT2D eigenvalue weighted by atomic mass is 9.98. The minimum Gasteiger partial charge on any atom is -0.464 e. The summed E-state index contributed by atoms with van der Waals surface area (Å²) in [6.45, 7) is 17.4. The molecule has 0 aliphatic carbocycles. The van der Waals surface area contributed by atoms with E-state index in [-0.39, 0.29) is 42.5 Å². The van der Waals surface area contributed by atoms with Crippen molar-refractivity contribution in [1.29, 1.82) is 0 Å². The van der Waals surface area contributed by atoms with Crippen LogP contribution in [-0.2, 0) is 18.8 Å². The zero-order valence-corrected chi connectivity index (χ0v) is 29.9. The monoisotopic (exact) mass is 671 g/mol. The standard InChI is InChI=1S/C32H45N3O6SSi.CO2/c1-10-23(30-33-22(8)16-39-30)15-29(42)26-13-11-12-25(34-26)28(36)14-24(31-35-27(18-40-31)32(37)38-9)17-41-43(19(2)3,20(4)5)21(6)7;2-1-3/h11-13,16,18-21,23-24H,10,14-15,17H2,1-9H3;. The Morgan fingerprint density at radius 2 is 1.43 bits per heavy atom. The number of pyridine rings is 1. The molecular weight excluding hydrogens is 627 g/mol. The second-order valence-electron chi connectivity index (χ2n) is 12.1. The summed E-state index contributed by atoms with van der Waals surface area (Å²) in [5.74, 6) is -0.402. The van der Waals surface area contributed by atoms with Gasteiger partial charge in [0.05, 0.1) is 24.4 Å². The van der Waals surface area contributed by atoms with E-state index in [0.717, 1.165) is 12.1 Å². The fourth-order valence-corrected chi connectivity index (χ4v) is 11.8. The van der Waals surface area contributed by atoms with E-state index < -0.39 is 20.2 Å². The van der Waals surface area contributed by atoms with Gasteiger partial charge >= 0.3 is 12.1 Å². The van der Waals surface area contributed by atoms with Gasteiger partial charge in [-0.15, -0.1) is 0 Å². The number of aryl methyl sites for hydroxylation is 1. The van der Waals surface area contributed by atoms with Crippen LogP contribution in [0.15, 0.2) is 39.6 Å². The van der Waals surface area contributed by atoms with Crippen molar-refractivity contribution in [3.05, 3.63) is 65.3 Å². The highest BCUT2D eigenvalue weighted by Gasteiger charge is 2.45. The first-order valence-electron chi connectivity index (χ1n) is 15.4. The van der Waals surface area contributed by atoms with Gasteiger partial charge in [0.25, 0.3) is 0 Å². The van der Waals surface area contributed by atoms with Crippen molar-refractivity contribution >= 4 is 43.3 Å². The van der Waals surface area contributed by atoms with Gasteiger partial charge < -0.3 is 18.0 Å². The van der Waals surface area contributed by atoms with Crippen LogP contribution in [0.1, 0.15) is 124 Å². The molecule has 0 N–H and O–H groups in total. The van der Waals surface area contributed by atoms with Crippen molar-refractivity contribution in [1.82, 2.24) is 15.0 Å². The van der Waals surface area contributed by atoms with Crippen LogP contribution in [0.25, 0.3) is 0 Å². The number of rotatable bonds is 16. The summed E-state index contributed by atoms with van der Waals surface area (Å²) in [6, 6.07) is 5.29. The average Bonchev–Trinajstić information content (AvgIpc) is 3.68. The SMILES string of the molecule is CCC(CC(=S)c1cccc(C(=O)CC(CO[Si](C(C)C)(C(C)C)C(C)C)c2nc(C(=O)OC)co2)n1)c1nc(C)co1.O=C=O. The Morgan fingerprint density at radius 3 is 1.96 bits per heavy atom. The zero-order chi connectivity index (χ0) is 34.6. The largest absolute Gasteiger partial charge is 0.464 e. The Balaban J connectivity index is 0.00000236. The summed E-state index contributed by atoms with van der Waals surface area (Å²) >= 11 is 5.75. The van der Waals surface area contributed by atoms with E-state index in [4.69, 9.17) is 39.8 Å². The molecule has 0 aliphatic heterocycles. The number of ether oxygens (including phenoxy) is 1. The Labute approximate surface area is 277 Å². The first-order chi connectivity index (χ1) is 21.7. The summed E-state index contributed by atoms with van der Waals surface area (Å²) < 4.78 is 23.0. The van der Waals surface area contributed by atoms with Gasteiger partial charge in [0.15, 0.2) is 25.7 Å². The number of hydrogen-bond donors (Lipinski definition) is 0. The number of ketones is 1. The molecular formula is C33H45N3O8SSi. The third kappa shape index (κ3) is 9.68. The van der Waals surface area contributed by atoms with Gasteiger partial charge in [0.2, 0.25) is 5.89 Å². The molecule has 2 atom stereocenters. The van der Waals surface area contributed by atoms with Gasteiger partial charge in [-0.25, -0.2) is 19.7 Å². The molecule has 0 aliphatic rings. The van der Waals surface area contributed by atoms with Crippen LogP contribution in [0.4, 0.5) is 0 Å². The van der Waals surface area contributed by atoms with Gasteiger partial charge in [-0.3, -0.25) is 4.79 Å². The number of oxazole rings is 2. The molecule has 0 spiro atoms. The number of methoxy groups -OCH3 is 1. The molecule has 0 bridgehead atoms. The minimum absolute atomic E-state index is 0.0187. The molecule has 3 aromatic heterocycles. The fourth-order valence-electron chi connectivity index (χ4n) is 6.00. The average molecular weight is 672 g/mol. The molecule has 13 heteroatoms. The van der Waals surface area contributed by atoms with Crippen LogP contribution in [0.5, 0.6) is 0 Å². The van der Waals surface area contributed by atoms with Crippen molar-refractivity contribution < 1.29 is 37.2 Å². The highest BCUT2D eigenvalue weighted by molar-refractivity contribution is 7.80. The van der Waals surface area contributed by atoms with E-state index in [1.54, 1.807) is 18.4 Å². The molecule has 3 heterocycles. The Hall–Kier alpha value is -3.64. The second-order valence-corrected chi connectivity index (χ2v) is 18.0. The molecule has 0 saturated carbocycles. The quantitative estimate of drug-likeness (QED) is 0.0645. The van der Waals surface area contributed by atoms with Gasteiger partial charge in [0, 0.05) is 23.8 Å². The van der Waals surface area contributed by atoms with Crippen molar-refractivity contribution in [3.63, 3.8) is 0 Å². The maximum atomic E-state index is 13.7. The molecule has 250 valence electrons. The number of Topliss-reactive ketones (excluding diaryl/α,β-unsaturated/α-hetero) is 1. The molecule has 3 rings (SSSR count). The number of carbonyl (C=O) groups is 2. The third-order valence-electron chi connectivity index (χ3n) is 8.17. The van der Waals surface area contributed by atoms with E-state index >= 15 is 0 Å². The Kier molecular flexibility index (Phi) is 15.0. The van der Waals surface area contributed by atoms with Gasteiger partial charge in [-0.05, 0) is 48.5 Å². The Morgan fingerprint density at radius 1 is 0.870 bits per heavy atom. The maximum Gasteiger partial charge on any atom is 0.373 e. The molecule has 0 fully saturated rings. The van der Waals surface area contributed by atoms with Crippen molar-refractivity contribution in [3.8, 4) is 0 Å². The Bertz CT molecular complexity index is 1470.